The van der Waals surface area contributed by atoms with Gasteiger partial charge < -0.3 is 10.3 Å². The molecule has 2 N–H and O–H groups in total. The van der Waals surface area contributed by atoms with Crippen LogP contribution in [0.15, 0.2) is 12.7 Å². The van der Waals surface area contributed by atoms with Crippen LogP contribution in [0, 0.1) is 0 Å². The maximum atomic E-state index is 5.92. The summed E-state index contributed by atoms with van der Waals surface area (Å²) in [6, 6.07) is 0.475. The van der Waals surface area contributed by atoms with E-state index in [0.717, 1.165) is 11.2 Å². The van der Waals surface area contributed by atoms with Crippen molar-refractivity contribution >= 4 is 17.0 Å². The van der Waals surface area contributed by atoms with Crippen molar-refractivity contribution in [2.45, 2.75) is 84.1 Å². The number of fused-ring (bicyclic) bond motifs is 1. The summed E-state index contributed by atoms with van der Waals surface area (Å²) in [5.41, 5.74) is 7.54. The highest BCUT2D eigenvalue weighted by atomic mass is 15.1. The average Bonchev–Trinajstić information content (AvgIpc) is 2.99. The second-order valence-corrected chi connectivity index (χ2v) is 6.44. The lowest BCUT2D eigenvalue weighted by atomic mass is 10.0. The predicted octanol–water partition coefficient (Wildman–Crippen LogP) is 4.89. The van der Waals surface area contributed by atoms with Crippen molar-refractivity contribution in [3.63, 3.8) is 0 Å². The first-order valence-electron chi connectivity index (χ1n) is 9.20. The number of hydrogen-bond acceptors (Lipinski definition) is 4. The lowest BCUT2D eigenvalue weighted by molar-refractivity contribution is 0.402. The maximum absolute atomic E-state index is 5.92. The van der Waals surface area contributed by atoms with E-state index in [4.69, 9.17) is 5.73 Å². The smallest absolute Gasteiger partial charge is 0.165 e. The Morgan fingerprint density at radius 2 is 1.57 bits per heavy atom. The van der Waals surface area contributed by atoms with Crippen LogP contribution in [0.3, 0.4) is 0 Å². The molecule has 5 heteroatoms. The number of imidazole rings is 1. The van der Waals surface area contributed by atoms with Gasteiger partial charge in [0, 0.05) is 6.04 Å². The standard InChI is InChI=1S/C18H31N5/c1-3-5-7-9-11-15(12-10-8-6-4-2)23-14-22-16-17(19)20-13-21-18(16)23/h13-15H,3-12H2,1-2H3,(H2,19,20,21). The van der Waals surface area contributed by atoms with E-state index in [-0.39, 0.29) is 0 Å². The molecule has 2 aromatic heterocycles. The Labute approximate surface area is 139 Å². The van der Waals surface area contributed by atoms with Gasteiger partial charge in [0.05, 0.1) is 6.33 Å². The third-order valence-electron chi connectivity index (χ3n) is 4.56. The van der Waals surface area contributed by atoms with Gasteiger partial charge in [0.25, 0.3) is 0 Å². The molecular weight excluding hydrogens is 286 g/mol. The van der Waals surface area contributed by atoms with Gasteiger partial charge in [-0.25, -0.2) is 15.0 Å². The number of nitrogens with two attached hydrogens (primary N) is 1. The molecule has 0 amide bonds. The summed E-state index contributed by atoms with van der Waals surface area (Å²) in [7, 11) is 0. The normalized spacial score (nSPS) is 11.6. The Hall–Kier alpha value is -1.65. The number of rotatable bonds is 11. The van der Waals surface area contributed by atoms with E-state index in [0.29, 0.717) is 11.9 Å². The molecule has 0 aliphatic carbocycles. The summed E-state index contributed by atoms with van der Waals surface area (Å²) in [6.45, 7) is 4.51. The lowest BCUT2D eigenvalue weighted by Gasteiger charge is -2.19. The largest absolute Gasteiger partial charge is 0.382 e. The minimum Gasteiger partial charge on any atom is -0.382 e. The molecule has 0 atom stereocenters. The van der Waals surface area contributed by atoms with Gasteiger partial charge in [-0.05, 0) is 12.8 Å². The van der Waals surface area contributed by atoms with Crippen LogP contribution in [0.1, 0.15) is 84.1 Å². The molecule has 0 radical (unpaired) electrons. The molecule has 0 aliphatic heterocycles. The average molecular weight is 317 g/mol. The van der Waals surface area contributed by atoms with Gasteiger partial charge in [-0.15, -0.1) is 0 Å². The zero-order chi connectivity index (χ0) is 16.5. The van der Waals surface area contributed by atoms with Crippen LogP contribution in [-0.4, -0.2) is 19.5 Å². The molecule has 0 spiro atoms. The molecule has 0 fully saturated rings. The fraction of sp³-hybridized carbons (Fsp3) is 0.722. The number of nitrogens with zero attached hydrogens (tertiary/aromatic N) is 4. The van der Waals surface area contributed by atoms with Crippen LogP contribution in [-0.2, 0) is 0 Å². The molecule has 2 aromatic rings. The van der Waals surface area contributed by atoms with Gasteiger partial charge in [0.15, 0.2) is 11.5 Å². The van der Waals surface area contributed by atoms with Gasteiger partial charge in [-0.1, -0.05) is 65.2 Å². The highest BCUT2D eigenvalue weighted by Crippen LogP contribution is 2.27. The third-order valence-corrected chi connectivity index (χ3v) is 4.56. The molecule has 0 aromatic carbocycles. The second-order valence-electron chi connectivity index (χ2n) is 6.44. The second kappa shape index (κ2) is 9.48. The molecule has 2 heterocycles. The van der Waals surface area contributed by atoms with Crippen LogP contribution in [0.5, 0.6) is 0 Å². The molecule has 0 saturated heterocycles. The SMILES string of the molecule is CCCCCCC(CCCCCC)n1cnc2c(N)ncnc21. The molecule has 0 saturated carbocycles. The van der Waals surface area contributed by atoms with Crippen LogP contribution >= 0.6 is 0 Å². The van der Waals surface area contributed by atoms with Crippen LogP contribution in [0.2, 0.25) is 0 Å². The van der Waals surface area contributed by atoms with Crippen molar-refractivity contribution in [1.82, 2.24) is 19.5 Å². The summed E-state index contributed by atoms with van der Waals surface area (Å²) in [5, 5.41) is 0. The van der Waals surface area contributed by atoms with E-state index in [9.17, 15) is 0 Å². The number of nitrogen functional groups attached to an aromatic ring is 1. The first kappa shape index (κ1) is 17.7. The fourth-order valence-corrected chi connectivity index (χ4v) is 3.17. The van der Waals surface area contributed by atoms with Crippen molar-refractivity contribution in [2.75, 3.05) is 5.73 Å². The molecule has 5 nitrogen and oxygen atoms in total. The topological polar surface area (TPSA) is 69.6 Å². The highest BCUT2D eigenvalue weighted by molar-refractivity contribution is 5.81. The van der Waals surface area contributed by atoms with E-state index in [1.54, 1.807) is 6.33 Å². The van der Waals surface area contributed by atoms with Gasteiger partial charge in [0.2, 0.25) is 0 Å². The van der Waals surface area contributed by atoms with Crippen molar-refractivity contribution in [3.8, 4) is 0 Å². The third kappa shape index (κ3) is 4.91. The molecular formula is C18H31N5. The Morgan fingerprint density at radius 1 is 0.913 bits per heavy atom. The number of aromatic nitrogens is 4. The van der Waals surface area contributed by atoms with E-state index in [1.807, 2.05) is 6.33 Å². The Morgan fingerprint density at radius 3 is 2.17 bits per heavy atom. The molecule has 128 valence electrons. The fourth-order valence-electron chi connectivity index (χ4n) is 3.17. The van der Waals surface area contributed by atoms with Crippen LogP contribution in [0.4, 0.5) is 5.82 Å². The van der Waals surface area contributed by atoms with Crippen LogP contribution in [0.25, 0.3) is 11.2 Å². The Bertz CT molecular complexity index is 566. The maximum Gasteiger partial charge on any atom is 0.165 e. The summed E-state index contributed by atoms with van der Waals surface area (Å²) in [4.78, 5) is 12.9. The van der Waals surface area contributed by atoms with Crippen molar-refractivity contribution < 1.29 is 0 Å². The van der Waals surface area contributed by atoms with Crippen molar-refractivity contribution in [2.24, 2.45) is 0 Å². The lowest BCUT2D eigenvalue weighted by Crippen LogP contribution is -2.09. The summed E-state index contributed by atoms with van der Waals surface area (Å²) < 4.78 is 2.23. The highest BCUT2D eigenvalue weighted by Gasteiger charge is 2.16. The number of hydrogen-bond donors (Lipinski definition) is 1. The van der Waals surface area contributed by atoms with Crippen molar-refractivity contribution in [3.05, 3.63) is 12.7 Å². The molecule has 0 unspecified atom stereocenters. The first-order valence-corrected chi connectivity index (χ1v) is 9.20. The van der Waals surface area contributed by atoms with Gasteiger partial charge in [-0.2, -0.15) is 0 Å². The summed E-state index contributed by atoms with van der Waals surface area (Å²) in [6.07, 6.45) is 16.2. The Kier molecular flexibility index (Phi) is 7.30. The van der Waals surface area contributed by atoms with E-state index < -0.39 is 0 Å². The first-order chi connectivity index (χ1) is 11.3. The van der Waals surface area contributed by atoms with Gasteiger partial charge >= 0.3 is 0 Å². The van der Waals surface area contributed by atoms with E-state index in [2.05, 4.69) is 33.4 Å². The minimum atomic E-state index is 0.475. The zero-order valence-electron chi connectivity index (χ0n) is 14.7. The van der Waals surface area contributed by atoms with Gasteiger partial charge in [0.1, 0.15) is 11.8 Å². The van der Waals surface area contributed by atoms with Crippen molar-refractivity contribution in [1.29, 1.82) is 0 Å². The number of unbranched alkanes of at least 4 members (excludes halogenated alkanes) is 6. The quantitative estimate of drug-likeness (QED) is 0.599. The summed E-state index contributed by atoms with van der Waals surface area (Å²) >= 11 is 0. The van der Waals surface area contributed by atoms with Gasteiger partial charge in [-0.3, -0.25) is 0 Å². The zero-order valence-corrected chi connectivity index (χ0v) is 14.7. The molecule has 23 heavy (non-hydrogen) atoms. The number of anilines is 1. The van der Waals surface area contributed by atoms with E-state index in [1.165, 1.54) is 64.2 Å². The molecule has 0 bridgehead atoms. The van der Waals surface area contributed by atoms with Crippen LogP contribution < -0.4 is 5.73 Å². The van der Waals surface area contributed by atoms with E-state index >= 15 is 0 Å². The predicted molar refractivity (Wildman–Crippen MR) is 96.3 cm³/mol. The molecule has 0 aliphatic rings. The summed E-state index contributed by atoms with van der Waals surface area (Å²) in [5.74, 6) is 0.476. The molecule has 2 rings (SSSR count). The Balaban J connectivity index is 2.08. The minimum absolute atomic E-state index is 0.475. The monoisotopic (exact) mass is 317 g/mol.